The number of thiazole rings is 1. The van der Waals surface area contributed by atoms with Crippen molar-refractivity contribution in [3.63, 3.8) is 0 Å². The molecule has 2 aliphatic heterocycles. The third-order valence-corrected chi connectivity index (χ3v) is 8.81. The zero-order chi connectivity index (χ0) is 31.4. The number of esters is 1. The van der Waals surface area contributed by atoms with Crippen molar-refractivity contribution >= 4 is 45.2 Å². The molecule has 0 radical (unpaired) electrons. The number of aromatic nitrogens is 1. The van der Waals surface area contributed by atoms with Gasteiger partial charge in [-0.15, -0.1) is 0 Å². The number of allylic oxidation sites excluding steroid dienone is 1. The van der Waals surface area contributed by atoms with Gasteiger partial charge in [0, 0.05) is 13.1 Å². The lowest BCUT2D eigenvalue weighted by Gasteiger charge is -2.26. The standard InChI is InChI=1S/C31H32BrN3O8S/c1-5-42-30(38)27-18(2)33-31-35(28(27)20-7-9-22(39-3)21(32)16-20)29(37)25(44-31)15-19-6-8-23(24(14-19)40-4)43-17-26(36)34-10-12-41-13-11-34/h6-9,14-16,28H,5,10-13,17H2,1-4H3/b25-15+/t28-/m1/s1. The van der Waals surface area contributed by atoms with Gasteiger partial charge >= 0.3 is 5.97 Å². The number of carbonyl (C=O) groups is 2. The first kappa shape index (κ1) is 31.5. The molecule has 0 N–H and O–H groups in total. The molecule has 5 rings (SSSR count). The number of hydrogen-bond donors (Lipinski definition) is 0. The van der Waals surface area contributed by atoms with Gasteiger partial charge in [0.2, 0.25) is 0 Å². The van der Waals surface area contributed by atoms with Crippen LogP contribution in [0.4, 0.5) is 0 Å². The maximum atomic E-state index is 14.0. The number of amides is 1. The minimum atomic E-state index is -0.760. The predicted molar refractivity (Wildman–Crippen MR) is 167 cm³/mol. The molecule has 1 atom stereocenters. The number of ether oxygens (including phenoxy) is 5. The Bertz CT molecular complexity index is 1790. The largest absolute Gasteiger partial charge is 0.496 e. The Kier molecular flexibility index (Phi) is 9.87. The number of benzene rings is 2. The molecule has 1 amide bonds. The maximum absolute atomic E-state index is 14.0. The molecule has 0 spiro atoms. The Morgan fingerprint density at radius 3 is 2.50 bits per heavy atom. The molecule has 0 unspecified atom stereocenters. The molecule has 0 aliphatic carbocycles. The van der Waals surface area contributed by atoms with Gasteiger partial charge in [0.05, 0.1) is 60.4 Å². The summed E-state index contributed by atoms with van der Waals surface area (Å²) < 4.78 is 30.0. The van der Waals surface area contributed by atoms with Gasteiger partial charge in [-0.1, -0.05) is 23.5 Å². The van der Waals surface area contributed by atoms with E-state index in [4.69, 9.17) is 23.7 Å². The highest BCUT2D eigenvalue weighted by molar-refractivity contribution is 9.10. The lowest BCUT2D eigenvalue weighted by atomic mass is 9.96. The summed E-state index contributed by atoms with van der Waals surface area (Å²) in [5.74, 6) is 0.783. The molecule has 2 aromatic carbocycles. The molecular formula is C31H32BrN3O8S. The van der Waals surface area contributed by atoms with Crippen molar-refractivity contribution in [2.75, 3.05) is 53.7 Å². The van der Waals surface area contributed by atoms with Crippen molar-refractivity contribution in [2.45, 2.75) is 19.9 Å². The first-order valence-corrected chi connectivity index (χ1v) is 15.6. The van der Waals surface area contributed by atoms with Crippen molar-refractivity contribution in [3.05, 3.63) is 83.0 Å². The summed E-state index contributed by atoms with van der Waals surface area (Å²) in [6.45, 7) is 5.62. The van der Waals surface area contributed by atoms with Crippen LogP contribution in [0.3, 0.4) is 0 Å². The molecule has 1 aromatic heterocycles. The van der Waals surface area contributed by atoms with Gasteiger partial charge in [0.15, 0.2) is 22.9 Å². The number of methoxy groups -OCH3 is 2. The van der Waals surface area contributed by atoms with Gasteiger partial charge < -0.3 is 28.6 Å². The fourth-order valence-corrected chi connectivity index (χ4v) is 6.65. The summed E-state index contributed by atoms with van der Waals surface area (Å²) >= 11 is 4.74. The van der Waals surface area contributed by atoms with Crippen molar-refractivity contribution in [3.8, 4) is 17.2 Å². The van der Waals surface area contributed by atoms with Crippen LogP contribution >= 0.6 is 27.3 Å². The van der Waals surface area contributed by atoms with Gasteiger partial charge in [-0.3, -0.25) is 14.2 Å². The van der Waals surface area contributed by atoms with Crippen LogP contribution in [-0.4, -0.2) is 75.1 Å². The Morgan fingerprint density at radius 2 is 1.82 bits per heavy atom. The molecule has 2 aliphatic rings. The highest BCUT2D eigenvalue weighted by Gasteiger charge is 2.33. The number of rotatable bonds is 9. The van der Waals surface area contributed by atoms with Crippen molar-refractivity contribution in [1.82, 2.24) is 9.47 Å². The second-order valence-corrected chi connectivity index (χ2v) is 11.8. The fourth-order valence-electron chi connectivity index (χ4n) is 5.05. The zero-order valence-corrected chi connectivity index (χ0v) is 27.2. The van der Waals surface area contributed by atoms with Gasteiger partial charge in [-0.2, -0.15) is 0 Å². The SMILES string of the molecule is CCOC(=O)C1=C(C)N=c2s/c(=C/c3ccc(OCC(=O)N4CCOCC4)c(OC)c3)c(=O)n2[C@@H]1c1ccc(OC)c(Br)c1. The van der Waals surface area contributed by atoms with Crippen molar-refractivity contribution in [2.24, 2.45) is 4.99 Å². The second kappa shape index (κ2) is 13.8. The highest BCUT2D eigenvalue weighted by atomic mass is 79.9. The van der Waals surface area contributed by atoms with Crippen LogP contribution in [0.1, 0.15) is 31.0 Å². The molecule has 1 saturated heterocycles. The van der Waals surface area contributed by atoms with E-state index in [9.17, 15) is 14.4 Å². The summed E-state index contributed by atoms with van der Waals surface area (Å²) in [6, 6.07) is 9.88. The molecule has 0 saturated carbocycles. The van der Waals surface area contributed by atoms with Gasteiger partial charge in [0.25, 0.3) is 11.5 Å². The first-order chi connectivity index (χ1) is 21.2. The lowest BCUT2D eigenvalue weighted by Crippen LogP contribution is -2.43. The molecule has 44 heavy (non-hydrogen) atoms. The van der Waals surface area contributed by atoms with Crippen LogP contribution in [0.2, 0.25) is 0 Å². The molecule has 11 nitrogen and oxygen atoms in total. The van der Waals surface area contributed by atoms with E-state index in [1.807, 2.05) is 12.1 Å². The fraction of sp³-hybridized carbons (Fsp3) is 0.355. The predicted octanol–water partition coefficient (Wildman–Crippen LogP) is 2.82. The Hall–Kier alpha value is -3.94. The number of morpholine rings is 1. The van der Waals surface area contributed by atoms with Crippen LogP contribution in [0.25, 0.3) is 6.08 Å². The van der Waals surface area contributed by atoms with E-state index in [0.717, 1.165) is 0 Å². The zero-order valence-electron chi connectivity index (χ0n) is 24.8. The number of nitrogens with zero attached hydrogens (tertiary/aromatic N) is 3. The number of fused-ring (bicyclic) bond motifs is 1. The summed E-state index contributed by atoms with van der Waals surface area (Å²) in [5.41, 5.74) is 1.83. The quantitative estimate of drug-likeness (QED) is 0.316. The van der Waals surface area contributed by atoms with E-state index in [1.54, 1.807) is 56.2 Å². The molecule has 3 heterocycles. The van der Waals surface area contributed by atoms with Crippen LogP contribution in [-0.2, 0) is 19.1 Å². The minimum Gasteiger partial charge on any atom is -0.496 e. The van der Waals surface area contributed by atoms with Gasteiger partial charge in [0.1, 0.15) is 5.75 Å². The summed E-state index contributed by atoms with van der Waals surface area (Å²) in [4.78, 5) is 46.4. The number of carbonyl (C=O) groups excluding carboxylic acids is 2. The second-order valence-electron chi connectivity index (χ2n) is 9.89. The minimum absolute atomic E-state index is 0.127. The van der Waals surface area contributed by atoms with Crippen LogP contribution in [0.5, 0.6) is 17.2 Å². The smallest absolute Gasteiger partial charge is 0.338 e. The summed E-state index contributed by atoms with van der Waals surface area (Å²) in [6.07, 6.45) is 1.74. The van der Waals surface area contributed by atoms with E-state index in [2.05, 4.69) is 20.9 Å². The van der Waals surface area contributed by atoms with Crippen LogP contribution in [0, 0.1) is 0 Å². The maximum Gasteiger partial charge on any atom is 0.338 e. The molecule has 232 valence electrons. The van der Waals surface area contributed by atoms with Crippen molar-refractivity contribution < 1.29 is 33.3 Å². The normalized spacial score (nSPS) is 16.7. The average Bonchev–Trinajstić information content (AvgIpc) is 3.33. The summed E-state index contributed by atoms with van der Waals surface area (Å²) in [5, 5.41) is 0. The lowest BCUT2D eigenvalue weighted by molar-refractivity contribution is -0.139. The molecule has 1 fully saturated rings. The summed E-state index contributed by atoms with van der Waals surface area (Å²) in [7, 11) is 3.08. The monoisotopic (exact) mass is 685 g/mol. The third-order valence-electron chi connectivity index (χ3n) is 7.21. The molecule has 0 bridgehead atoms. The Morgan fingerprint density at radius 1 is 1.09 bits per heavy atom. The van der Waals surface area contributed by atoms with E-state index in [-0.39, 0.29) is 30.3 Å². The van der Waals surface area contributed by atoms with Gasteiger partial charge in [-0.25, -0.2) is 9.79 Å². The van der Waals surface area contributed by atoms with Crippen molar-refractivity contribution in [1.29, 1.82) is 0 Å². The number of halogens is 1. The van der Waals surface area contributed by atoms with E-state index >= 15 is 0 Å². The van der Waals surface area contributed by atoms with Gasteiger partial charge in [-0.05, 0) is 71.2 Å². The van der Waals surface area contributed by atoms with Crippen LogP contribution < -0.4 is 29.1 Å². The molecule has 13 heteroatoms. The van der Waals surface area contributed by atoms with Crippen LogP contribution in [0.15, 0.2) is 61.9 Å². The highest BCUT2D eigenvalue weighted by Crippen LogP contribution is 2.35. The molecule has 3 aromatic rings. The topological polar surface area (TPSA) is 118 Å². The van der Waals surface area contributed by atoms with E-state index in [1.165, 1.54) is 23.0 Å². The number of hydrogen-bond acceptors (Lipinski definition) is 10. The Balaban J connectivity index is 1.51. The molecular weight excluding hydrogens is 654 g/mol. The first-order valence-electron chi connectivity index (χ1n) is 13.9. The Labute approximate surface area is 266 Å². The van der Waals surface area contributed by atoms with E-state index in [0.29, 0.717) is 74.2 Å². The third kappa shape index (κ3) is 6.44. The van der Waals surface area contributed by atoms with E-state index < -0.39 is 12.0 Å². The average molecular weight is 687 g/mol.